The molecule has 0 unspecified atom stereocenters. The molecule has 9 heteroatoms. The van der Waals surface area contributed by atoms with Crippen LogP contribution in [0.3, 0.4) is 0 Å². The first-order valence-corrected chi connectivity index (χ1v) is 12.2. The average molecular weight is 509 g/mol. The molecule has 0 bridgehead atoms. The molecule has 38 heavy (non-hydrogen) atoms. The van der Waals surface area contributed by atoms with Gasteiger partial charge in [0.25, 0.3) is 0 Å². The fourth-order valence-electron chi connectivity index (χ4n) is 4.72. The number of anilines is 2. The Balaban J connectivity index is 1.30. The van der Waals surface area contributed by atoms with Gasteiger partial charge in [-0.1, -0.05) is 12.1 Å². The molecule has 0 amide bonds. The maximum Gasteiger partial charge on any atom is 0.141 e. The molecule has 0 radical (unpaired) electrons. The number of aliphatic hydroxyl groups excluding tert-OH is 2. The Morgan fingerprint density at radius 3 is 2.66 bits per heavy atom. The Kier molecular flexibility index (Phi) is 6.28. The van der Waals surface area contributed by atoms with Gasteiger partial charge in [-0.3, -0.25) is 4.68 Å². The van der Waals surface area contributed by atoms with E-state index >= 15 is 0 Å². The Morgan fingerprint density at radius 1 is 0.921 bits per heavy atom. The molecule has 3 aromatic carbocycles. The SMILES string of the molecule is OCCc1cn(-c2ccc3ncnc(Nc4ccc5c(cnn5Cc5cccc(F)c5)c4)c3c2)cc1CO. The molecule has 0 aliphatic rings. The van der Waals surface area contributed by atoms with Gasteiger partial charge in [-0.2, -0.15) is 5.10 Å². The number of hydrogen-bond donors (Lipinski definition) is 3. The molecule has 3 heterocycles. The number of nitrogens with one attached hydrogen (secondary N) is 1. The molecule has 0 spiro atoms. The summed E-state index contributed by atoms with van der Waals surface area (Å²) in [6.45, 7) is 0.405. The lowest BCUT2D eigenvalue weighted by molar-refractivity contribution is 0.276. The lowest BCUT2D eigenvalue weighted by atomic mass is 10.1. The van der Waals surface area contributed by atoms with Gasteiger partial charge >= 0.3 is 0 Å². The van der Waals surface area contributed by atoms with Crippen LogP contribution in [0.25, 0.3) is 27.5 Å². The van der Waals surface area contributed by atoms with Crippen LogP contribution in [0.1, 0.15) is 16.7 Å². The highest BCUT2D eigenvalue weighted by Crippen LogP contribution is 2.28. The minimum atomic E-state index is -0.262. The predicted octanol–water partition coefficient (Wildman–Crippen LogP) is 4.73. The fraction of sp³-hybridized carbons (Fsp3) is 0.138. The summed E-state index contributed by atoms with van der Waals surface area (Å²) in [6, 6.07) is 18.4. The molecule has 0 atom stereocenters. The summed E-state index contributed by atoms with van der Waals surface area (Å²) in [6.07, 6.45) is 7.60. The van der Waals surface area contributed by atoms with E-state index in [-0.39, 0.29) is 19.0 Å². The first-order chi connectivity index (χ1) is 18.6. The Bertz CT molecular complexity index is 1760. The quantitative estimate of drug-likeness (QED) is 0.275. The van der Waals surface area contributed by atoms with E-state index in [1.165, 1.54) is 18.5 Å². The number of nitrogens with zero attached hydrogens (tertiary/aromatic N) is 5. The van der Waals surface area contributed by atoms with Gasteiger partial charge in [-0.25, -0.2) is 14.4 Å². The fourth-order valence-corrected chi connectivity index (χ4v) is 4.72. The second-order valence-electron chi connectivity index (χ2n) is 9.10. The summed E-state index contributed by atoms with van der Waals surface area (Å²) in [5, 5.41) is 28.7. The van der Waals surface area contributed by atoms with Crippen molar-refractivity contribution in [1.29, 1.82) is 0 Å². The van der Waals surface area contributed by atoms with Gasteiger partial charge in [0.1, 0.15) is 18.0 Å². The molecule has 8 nitrogen and oxygen atoms in total. The predicted molar refractivity (Wildman–Crippen MR) is 144 cm³/mol. The van der Waals surface area contributed by atoms with Crippen molar-refractivity contribution in [3.8, 4) is 5.69 Å². The number of hydrogen-bond acceptors (Lipinski definition) is 6. The van der Waals surface area contributed by atoms with E-state index in [9.17, 15) is 14.6 Å². The summed E-state index contributed by atoms with van der Waals surface area (Å²) in [5.41, 5.74) is 6.01. The number of rotatable bonds is 8. The number of halogens is 1. The molecule has 3 N–H and O–H groups in total. The van der Waals surface area contributed by atoms with Crippen LogP contribution in [0.5, 0.6) is 0 Å². The van der Waals surface area contributed by atoms with Crippen molar-refractivity contribution in [3.05, 3.63) is 108 Å². The third kappa shape index (κ3) is 4.60. The van der Waals surface area contributed by atoms with E-state index < -0.39 is 0 Å². The Labute approximate surface area is 217 Å². The third-order valence-corrected chi connectivity index (χ3v) is 6.60. The average Bonchev–Trinajstić information content (AvgIpc) is 3.52. The van der Waals surface area contributed by atoms with Crippen LogP contribution in [0, 0.1) is 5.82 Å². The molecule has 0 saturated carbocycles. The lowest BCUT2D eigenvalue weighted by Crippen LogP contribution is -2.01. The Hall–Kier alpha value is -4.60. The van der Waals surface area contributed by atoms with Crippen LogP contribution in [0.15, 0.2) is 85.6 Å². The van der Waals surface area contributed by atoms with Crippen molar-refractivity contribution in [3.63, 3.8) is 0 Å². The van der Waals surface area contributed by atoms with Crippen LogP contribution in [-0.4, -0.2) is 41.1 Å². The second-order valence-corrected chi connectivity index (χ2v) is 9.10. The van der Waals surface area contributed by atoms with E-state index in [4.69, 9.17) is 0 Å². The highest BCUT2D eigenvalue weighted by Gasteiger charge is 2.11. The molecule has 0 saturated heterocycles. The summed E-state index contributed by atoms with van der Waals surface area (Å²) in [5.74, 6) is 0.398. The zero-order valence-corrected chi connectivity index (χ0v) is 20.4. The van der Waals surface area contributed by atoms with Gasteiger partial charge in [0.05, 0.1) is 30.4 Å². The lowest BCUT2D eigenvalue weighted by Gasteiger charge is -2.11. The zero-order valence-electron chi connectivity index (χ0n) is 20.4. The summed E-state index contributed by atoms with van der Waals surface area (Å²) in [7, 11) is 0. The molecular formula is C29H25FN6O2. The number of aliphatic hydroxyl groups is 2. The maximum atomic E-state index is 13.6. The smallest absolute Gasteiger partial charge is 0.141 e. The molecule has 190 valence electrons. The minimum Gasteiger partial charge on any atom is -0.396 e. The van der Waals surface area contributed by atoms with Crippen molar-refractivity contribution in [1.82, 2.24) is 24.3 Å². The summed E-state index contributed by atoms with van der Waals surface area (Å²) in [4.78, 5) is 8.91. The minimum absolute atomic E-state index is 0.0185. The Morgan fingerprint density at radius 2 is 1.82 bits per heavy atom. The van der Waals surface area contributed by atoms with E-state index in [0.717, 1.165) is 49.9 Å². The zero-order chi connectivity index (χ0) is 26.1. The molecule has 0 aliphatic carbocycles. The first kappa shape index (κ1) is 23.8. The highest BCUT2D eigenvalue weighted by molar-refractivity contribution is 5.93. The van der Waals surface area contributed by atoms with Gasteiger partial charge in [-0.15, -0.1) is 0 Å². The van der Waals surface area contributed by atoms with Crippen molar-refractivity contribution in [2.24, 2.45) is 0 Å². The standard InChI is InChI=1S/C29H25FN6O2/c30-23-3-1-2-19(10-23)14-36-28-7-4-24(11-21(28)13-33-36)34-29-26-12-25(5-6-27(26)31-18-32-29)35-15-20(8-9-37)22(16-35)17-38/h1-7,10-13,15-16,18,37-38H,8-9,14,17H2,(H,31,32,34). The summed E-state index contributed by atoms with van der Waals surface area (Å²) < 4.78 is 17.4. The van der Waals surface area contributed by atoms with Crippen molar-refractivity contribution in [2.45, 2.75) is 19.6 Å². The van der Waals surface area contributed by atoms with Crippen molar-refractivity contribution in [2.75, 3.05) is 11.9 Å². The molecule has 0 aliphatic heterocycles. The second kappa shape index (κ2) is 10.0. The number of fused-ring (bicyclic) bond motifs is 2. The third-order valence-electron chi connectivity index (χ3n) is 6.60. The topological polar surface area (TPSA) is 101 Å². The maximum absolute atomic E-state index is 13.6. The molecule has 0 fully saturated rings. The largest absolute Gasteiger partial charge is 0.396 e. The number of aromatic nitrogens is 5. The van der Waals surface area contributed by atoms with E-state index in [0.29, 0.717) is 18.8 Å². The normalized spacial score (nSPS) is 11.4. The molecular weight excluding hydrogens is 483 g/mol. The molecule has 6 rings (SSSR count). The van der Waals surface area contributed by atoms with Crippen LogP contribution < -0.4 is 5.32 Å². The first-order valence-electron chi connectivity index (χ1n) is 12.2. The van der Waals surface area contributed by atoms with Gasteiger partial charge in [0.15, 0.2) is 0 Å². The van der Waals surface area contributed by atoms with E-state index in [1.54, 1.807) is 12.3 Å². The van der Waals surface area contributed by atoms with E-state index in [2.05, 4.69) is 20.4 Å². The van der Waals surface area contributed by atoms with Crippen LogP contribution >= 0.6 is 0 Å². The van der Waals surface area contributed by atoms with Crippen LogP contribution in [0.4, 0.5) is 15.9 Å². The van der Waals surface area contributed by atoms with E-state index in [1.807, 2.05) is 64.1 Å². The van der Waals surface area contributed by atoms with Crippen LogP contribution in [-0.2, 0) is 19.6 Å². The van der Waals surface area contributed by atoms with Crippen molar-refractivity contribution >= 4 is 33.3 Å². The monoisotopic (exact) mass is 508 g/mol. The van der Waals surface area contributed by atoms with Gasteiger partial charge < -0.3 is 20.1 Å². The van der Waals surface area contributed by atoms with Gasteiger partial charge in [0.2, 0.25) is 0 Å². The highest BCUT2D eigenvalue weighted by atomic mass is 19.1. The summed E-state index contributed by atoms with van der Waals surface area (Å²) >= 11 is 0. The van der Waals surface area contributed by atoms with Gasteiger partial charge in [0, 0.05) is 41.1 Å². The molecule has 6 aromatic rings. The van der Waals surface area contributed by atoms with Gasteiger partial charge in [-0.05, 0) is 71.6 Å². The number of benzene rings is 3. The van der Waals surface area contributed by atoms with Crippen LogP contribution in [0.2, 0.25) is 0 Å². The van der Waals surface area contributed by atoms with Crippen molar-refractivity contribution < 1.29 is 14.6 Å². The molecule has 3 aromatic heterocycles.